The highest BCUT2D eigenvalue weighted by molar-refractivity contribution is 7.91. The fourth-order valence-electron chi connectivity index (χ4n) is 3.31. The molecule has 106 valence electrons. The van der Waals surface area contributed by atoms with Gasteiger partial charge in [-0.05, 0) is 39.7 Å². The number of piperidine rings is 1. The van der Waals surface area contributed by atoms with Crippen LogP contribution in [0.1, 0.15) is 33.6 Å². The zero-order chi connectivity index (χ0) is 13.6. The SMILES string of the molecule is CC1CN(C)C(C)CC1NC1(C)CCS(=O)(=O)C1. The molecular formula is C13H26N2O2S. The van der Waals surface area contributed by atoms with E-state index in [0.717, 1.165) is 19.4 Å². The number of nitrogens with zero attached hydrogens (tertiary/aromatic N) is 1. The van der Waals surface area contributed by atoms with Gasteiger partial charge in [0.2, 0.25) is 0 Å². The van der Waals surface area contributed by atoms with E-state index in [2.05, 4.69) is 38.0 Å². The van der Waals surface area contributed by atoms with Crippen molar-refractivity contribution in [1.82, 2.24) is 10.2 Å². The summed E-state index contributed by atoms with van der Waals surface area (Å²) in [5.74, 6) is 1.21. The lowest BCUT2D eigenvalue weighted by atomic mass is 9.87. The van der Waals surface area contributed by atoms with Crippen LogP contribution in [0.5, 0.6) is 0 Å². The van der Waals surface area contributed by atoms with Crippen LogP contribution in [0, 0.1) is 5.92 Å². The highest BCUT2D eigenvalue weighted by Gasteiger charge is 2.41. The van der Waals surface area contributed by atoms with Crippen molar-refractivity contribution >= 4 is 9.84 Å². The standard InChI is InChI=1S/C13H26N2O2S/c1-10-8-15(4)11(2)7-12(10)14-13(3)5-6-18(16,17)9-13/h10-12,14H,5-9H2,1-4H3. The number of hydrogen-bond donors (Lipinski definition) is 1. The van der Waals surface area contributed by atoms with Crippen molar-refractivity contribution in [2.75, 3.05) is 25.1 Å². The molecule has 2 heterocycles. The highest BCUT2D eigenvalue weighted by Crippen LogP contribution is 2.28. The van der Waals surface area contributed by atoms with Crippen molar-refractivity contribution in [1.29, 1.82) is 0 Å². The molecule has 2 fully saturated rings. The summed E-state index contributed by atoms with van der Waals surface area (Å²) >= 11 is 0. The van der Waals surface area contributed by atoms with Gasteiger partial charge in [-0.2, -0.15) is 0 Å². The van der Waals surface area contributed by atoms with Gasteiger partial charge in [-0.3, -0.25) is 0 Å². The molecule has 4 unspecified atom stereocenters. The summed E-state index contributed by atoms with van der Waals surface area (Å²) in [6.45, 7) is 7.65. The quantitative estimate of drug-likeness (QED) is 0.812. The Labute approximate surface area is 111 Å². The zero-order valence-corrected chi connectivity index (χ0v) is 12.8. The molecule has 0 aromatic rings. The Hall–Kier alpha value is -0.130. The first-order chi connectivity index (χ1) is 8.21. The summed E-state index contributed by atoms with van der Waals surface area (Å²) < 4.78 is 23.3. The first-order valence-electron chi connectivity index (χ1n) is 6.89. The lowest BCUT2D eigenvalue weighted by Gasteiger charge is -2.43. The third-order valence-corrected chi connectivity index (χ3v) is 6.55. The minimum atomic E-state index is -2.82. The second-order valence-electron chi connectivity index (χ2n) is 6.66. The van der Waals surface area contributed by atoms with Crippen molar-refractivity contribution < 1.29 is 8.42 Å². The van der Waals surface area contributed by atoms with Gasteiger partial charge in [0, 0.05) is 24.2 Å². The third kappa shape index (κ3) is 3.06. The van der Waals surface area contributed by atoms with Crippen LogP contribution >= 0.6 is 0 Å². The van der Waals surface area contributed by atoms with Gasteiger partial charge < -0.3 is 10.2 Å². The fraction of sp³-hybridized carbons (Fsp3) is 1.00. The van der Waals surface area contributed by atoms with Crippen LogP contribution < -0.4 is 5.32 Å². The molecular weight excluding hydrogens is 248 g/mol. The number of likely N-dealkylation sites (tertiary alicyclic amines) is 1. The molecule has 2 rings (SSSR count). The lowest BCUT2D eigenvalue weighted by molar-refractivity contribution is 0.106. The Morgan fingerprint density at radius 2 is 2.00 bits per heavy atom. The van der Waals surface area contributed by atoms with E-state index in [1.807, 2.05) is 0 Å². The maximum absolute atomic E-state index is 11.6. The molecule has 4 nitrogen and oxygen atoms in total. The molecule has 0 amide bonds. The number of hydrogen-bond acceptors (Lipinski definition) is 4. The normalized spacial score (nSPS) is 45.2. The van der Waals surface area contributed by atoms with Gasteiger partial charge in [-0.15, -0.1) is 0 Å². The van der Waals surface area contributed by atoms with E-state index < -0.39 is 9.84 Å². The Morgan fingerprint density at radius 3 is 2.56 bits per heavy atom. The van der Waals surface area contributed by atoms with Crippen LogP contribution in [-0.2, 0) is 9.84 Å². The number of rotatable bonds is 2. The summed E-state index contributed by atoms with van der Waals surface area (Å²) in [6.07, 6.45) is 1.86. The molecule has 18 heavy (non-hydrogen) atoms. The van der Waals surface area contributed by atoms with Crippen molar-refractivity contribution in [3.05, 3.63) is 0 Å². The van der Waals surface area contributed by atoms with Crippen LogP contribution in [-0.4, -0.2) is 56.0 Å². The molecule has 2 aliphatic heterocycles. The molecule has 0 aliphatic carbocycles. The van der Waals surface area contributed by atoms with E-state index in [1.165, 1.54) is 0 Å². The van der Waals surface area contributed by atoms with Crippen LogP contribution in [0.3, 0.4) is 0 Å². The third-order valence-electron chi connectivity index (χ3n) is 4.65. The molecule has 1 N–H and O–H groups in total. The molecule has 0 saturated carbocycles. The average Bonchev–Trinajstić information content (AvgIpc) is 2.50. The Balaban J connectivity index is 2.01. The van der Waals surface area contributed by atoms with Crippen LogP contribution in [0.15, 0.2) is 0 Å². The van der Waals surface area contributed by atoms with Gasteiger partial charge in [0.25, 0.3) is 0 Å². The Morgan fingerprint density at radius 1 is 1.33 bits per heavy atom. The summed E-state index contributed by atoms with van der Waals surface area (Å²) in [5.41, 5.74) is -0.215. The second-order valence-corrected chi connectivity index (χ2v) is 8.84. The average molecular weight is 274 g/mol. The first-order valence-corrected chi connectivity index (χ1v) is 8.71. The molecule has 0 bridgehead atoms. The lowest BCUT2D eigenvalue weighted by Crippen LogP contribution is -2.57. The van der Waals surface area contributed by atoms with E-state index in [4.69, 9.17) is 0 Å². The minimum absolute atomic E-state index is 0.215. The van der Waals surface area contributed by atoms with E-state index in [1.54, 1.807) is 0 Å². The summed E-state index contributed by atoms with van der Waals surface area (Å²) in [7, 11) is -0.654. The van der Waals surface area contributed by atoms with Crippen molar-refractivity contribution in [2.45, 2.75) is 51.2 Å². The van der Waals surface area contributed by atoms with Crippen molar-refractivity contribution in [2.24, 2.45) is 5.92 Å². The van der Waals surface area contributed by atoms with Crippen molar-refractivity contribution in [3.63, 3.8) is 0 Å². The van der Waals surface area contributed by atoms with Gasteiger partial charge in [0.1, 0.15) is 0 Å². The maximum atomic E-state index is 11.6. The zero-order valence-electron chi connectivity index (χ0n) is 11.9. The molecule has 5 heteroatoms. The molecule has 0 radical (unpaired) electrons. The van der Waals surface area contributed by atoms with Gasteiger partial charge in [-0.25, -0.2) is 8.42 Å². The second kappa shape index (κ2) is 4.76. The molecule has 2 aliphatic rings. The van der Waals surface area contributed by atoms with E-state index in [9.17, 15) is 8.42 Å². The van der Waals surface area contributed by atoms with Gasteiger partial charge in [0.05, 0.1) is 11.5 Å². The van der Waals surface area contributed by atoms with E-state index in [-0.39, 0.29) is 5.54 Å². The maximum Gasteiger partial charge on any atom is 0.152 e. The predicted octanol–water partition coefficient (Wildman–Crippen LogP) is 0.882. The summed E-state index contributed by atoms with van der Waals surface area (Å²) in [6, 6.07) is 1.01. The topological polar surface area (TPSA) is 49.4 Å². The first kappa shape index (κ1) is 14.3. The van der Waals surface area contributed by atoms with Crippen LogP contribution in [0.25, 0.3) is 0 Å². The smallest absolute Gasteiger partial charge is 0.152 e. The summed E-state index contributed by atoms with van der Waals surface area (Å²) in [4.78, 5) is 2.39. The van der Waals surface area contributed by atoms with E-state index in [0.29, 0.717) is 29.5 Å². The molecule has 2 saturated heterocycles. The van der Waals surface area contributed by atoms with E-state index >= 15 is 0 Å². The molecule has 4 atom stereocenters. The van der Waals surface area contributed by atoms with Crippen molar-refractivity contribution in [3.8, 4) is 0 Å². The van der Waals surface area contributed by atoms with Gasteiger partial charge >= 0.3 is 0 Å². The number of nitrogens with one attached hydrogen (secondary N) is 1. The predicted molar refractivity (Wildman–Crippen MR) is 74.5 cm³/mol. The van der Waals surface area contributed by atoms with Gasteiger partial charge in [-0.1, -0.05) is 6.92 Å². The monoisotopic (exact) mass is 274 g/mol. The Kier molecular flexibility index (Phi) is 3.78. The van der Waals surface area contributed by atoms with Crippen LogP contribution in [0.4, 0.5) is 0 Å². The molecule has 0 aromatic carbocycles. The summed E-state index contributed by atoms with van der Waals surface area (Å²) in [5, 5.41) is 3.64. The number of sulfone groups is 1. The fourth-order valence-corrected chi connectivity index (χ4v) is 5.42. The Bertz CT molecular complexity index is 409. The van der Waals surface area contributed by atoms with Crippen LogP contribution in [0.2, 0.25) is 0 Å². The molecule has 0 spiro atoms. The molecule has 0 aromatic heterocycles. The van der Waals surface area contributed by atoms with Gasteiger partial charge in [0.15, 0.2) is 9.84 Å². The highest BCUT2D eigenvalue weighted by atomic mass is 32.2. The largest absolute Gasteiger partial charge is 0.307 e. The minimum Gasteiger partial charge on any atom is -0.307 e.